The smallest absolute Gasteiger partial charge is 0.268 e. The Kier molecular flexibility index (Phi) is 2.54. The molecule has 1 unspecified atom stereocenters. The molecule has 2 rings (SSSR count). The van der Waals surface area contributed by atoms with Gasteiger partial charge in [-0.2, -0.15) is 0 Å². The molecule has 0 aromatic carbocycles. The Hall–Kier alpha value is -1.29. The average Bonchev–Trinajstić information content (AvgIpc) is 2.75. The number of carbonyl (C=O) groups excluding carboxylic acids is 1. The largest absolute Gasteiger partial charge is 0.347 e. The van der Waals surface area contributed by atoms with Crippen LogP contribution in [0.2, 0.25) is 0 Å². The maximum Gasteiger partial charge on any atom is 0.268 e. The van der Waals surface area contributed by atoms with Gasteiger partial charge in [0, 0.05) is 25.8 Å². The first-order valence-corrected chi connectivity index (χ1v) is 4.90. The Bertz CT molecular complexity index is 326. The Balaban J connectivity index is 1.98. The summed E-state index contributed by atoms with van der Waals surface area (Å²) in [4.78, 5) is 11.7. The summed E-state index contributed by atoms with van der Waals surface area (Å²) < 4.78 is 1.83. The van der Waals surface area contributed by atoms with Gasteiger partial charge in [0.1, 0.15) is 5.69 Å². The maximum absolute atomic E-state index is 11.7. The predicted octanol–water partition coefficient (Wildman–Crippen LogP) is 0.117. The molecule has 1 amide bonds. The molecule has 0 aliphatic carbocycles. The summed E-state index contributed by atoms with van der Waals surface area (Å²) in [5.41, 5.74) is 0.719. The van der Waals surface area contributed by atoms with E-state index in [1.54, 1.807) is 0 Å². The number of rotatable bonds is 2. The molecule has 2 N–H and O–H groups in total. The number of hydrogen-bond acceptors (Lipinski definition) is 2. The van der Waals surface area contributed by atoms with Crippen LogP contribution in [0, 0.1) is 0 Å². The van der Waals surface area contributed by atoms with E-state index in [-0.39, 0.29) is 11.9 Å². The fraction of sp³-hybridized carbons (Fsp3) is 0.500. The van der Waals surface area contributed by atoms with Crippen LogP contribution >= 0.6 is 0 Å². The molecule has 1 atom stereocenters. The first-order chi connectivity index (χ1) is 6.77. The van der Waals surface area contributed by atoms with Crippen molar-refractivity contribution in [1.82, 2.24) is 15.2 Å². The van der Waals surface area contributed by atoms with Gasteiger partial charge in [-0.3, -0.25) is 4.79 Å². The van der Waals surface area contributed by atoms with Crippen molar-refractivity contribution in [2.45, 2.75) is 12.5 Å². The topological polar surface area (TPSA) is 46.1 Å². The number of aromatic nitrogens is 1. The molecule has 1 aliphatic rings. The quantitative estimate of drug-likeness (QED) is 0.700. The highest BCUT2D eigenvalue weighted by Crippen LogP contribution is 2.02. The maximum atomic E-state index is 11.7. The number of carbonyl (C=O) groups is 1. The number of hydrogen-bond donors (Lipinski definition) is 2. The lowest BCUT2D eigenvalue weighted by Crippen LogP contribution is -2.36. The van der Waals surface area contributed by atoms with E-state index in [1.165, 1.54) is 0 Å². The minimum Gasteiger partial charge on any atom is -0.347 e. The summed E-state index contributed by atoms with van der Waals surface area (Å²) in [7, 11) is 1.88. The summed E-state index contributed by atoms with van der Waals surface area (Å²) in [6, 6.07) is 4.00. The highest BCUT2D eigenvalue weighted by Gasteiger charge is 2.18. The van der Waals surface area contributed by atoms with Crippen LogP contribution in [0.1, 0.15) is 16.9 Å². The molecule has 1 aromatic rings. The number of nitrogens with one attached hydrogen (secondary N) is 2. The molecule has 1 aromatic heterocycles. The van der Waals surface area contributed by atoms with E-state index in [2.05, 4.69) is 10.6 Å². The van der Waals surface area contributed by atoms with Crippen molar-refractivity contribution in [3.8, 4) is 0 Å². The molecular formula is C10H15N3O. The van der Waals surface area contributed by atoms with Crippen molar-refractivity contribution in [1.29, 1.82) is 0 Å². The molecule has 4 heteroatoms. The lowest BCUT2D eigenvalue weighted by atomic mass is 10.2. The van der Waals surface area contributed by atoms with Crippen molar-refractivity contribution < 1.29 is 4.79 Å². The Labute approximate surface area is 83.3 Å². The van der Waals surface area contributed by atoms with Crippen LogP contribution in [0.4, 0.5) is 0 Å². The Morgan fingerprint density at radius 1 is 1.71 bits per heavy atom. The lowest BCUT2D eigenvalue weighted by molar-refractivity contribution is 0.0932. The van der Waals surface area contributed by atoms with Gasteiger partial charge in [0.15, 0.2) is 0 Å². The molecule has 76 valence electrons. The average molecular weight is 193 g/mol. The van der Waals surface area contributed by atoms with Gasteiger partial charge >= 0.3 is 0 Å². The zero-order valence-electron chi connectivity index (χ0n) is 8.29. The standard InChI is InChI=1S/C10H15N3O/c1-13-6-2-3-9(13)10(14)12-8-4-5-11-7-8/h2-3,6,8,11H,4-5,7H2,1H3,(H,12,14). The van der Waals surface area contributed by atoms with Crippen molar-refractivity contribution in [3.05, 3.63) is 24.0 Å². The van der Waals surface area contributed by atoms with Gasteiger partial charge in [-0.15, -0.1) is 0 Å². The molecule has 0 bridgehead atoms. The van der Waals surface area contributed by atoms with Gasteiger partial charge in [-0.1, -0.05) is 0 Å². The van der Waals surface area contributed by atoms with Crippen LogP contribution in [-0.4, -0.2) is 29.6 Å². The van der Waals surface area contributed by atoms with Crippen LogP contribution in [0.15, 0.2) is 18.3 Å². The van der Waals surface area contributed by atoms with E-state index < -0.39 is 0 Å². The Morgan fingerprint density at radius 3 is 3.14 bits per heavy atom. The SMILES string of the molecule is Cn1cccc1C(=O)NC1CCNC1. The van der Waals surface area contributed by atoms with E-state index >= 15 is 0 Å². The van der Waals surface area contributed by atoms with Gasteiger partial charge in [0.25, 0.3) is 5.91 Å². The van der Waals surface area contributed by atoms with Crippen molar-refractivity contribution in [2.24, 2.45) is 7.05 Å². The fourth-order valence-corrected chi connectivity index (χ4v) is 1.73. The second-order valence-corrected chi connectivity index (χ2v) is 3.67. The van der Waals surface area contributed by atoms with Crippen LogP contribution in [0.3, 0.4) is 0 Å². The summed E-state index contributed by atoms with van der Waals surface area (Å²) in [5, 5.41) is 6.22. The first kappa shape index (κ1) is 9.27. The molecule has 0 radical (unpaired) electrons. The van der Waals surface area contributed by atoms with Gasteiger partial charge in [0.2, 0.25) is 0 Å². The minimum absolute atomic E-state index is 0.0196. The van der Waals surface area contributed by atoms with Crippen molar-refractivity contribution in [3.63, 3.8) is 0 Å². The third-order valence-electron chi connectivity index (χ3n) is 2.57. The van der Waals surface area contributed by atoms with Gasteiger partial charge in [0.05, 0.1) is 0 Å². The van der Waals surface area contributed by atoms with Crippen LogP contribution in [0.5, 0.6) is 0 Å². The van der Waals surface area contributed by atoms with Crippen LogP contribution in [-0.2, 0) is 7.05 Å². The van der Waals surface area contributed by atoms with Gasteiger partial charge < -0.3 is 15.2 Å². The summed E-state index contributed by atoms with van der Waals surface area (Å²) in [5.74, 6) is 0.0196. The zero-order chi connectivity index (χ0) is 9.97. The molecule has 1 saturated heterocycles. The highest BCUT2D eigenvalue weighted by atomic mass is 16.2. The lowest BCUT2D eigenvalue weighted by Gasteiger charge is -2.11. The summed E-state index contributed by atoms with van der Waals surface area (Å²) in [6.45, 7) is 1.88. The van der Waals surface area contributed by atoms with Gasteiger partial charge in [-0.25, -0.2) is 0 Å². The van der Waals surface area contributed by atoms with Gasteiger partial charge in [-0.05, 0) is 25.1 Å². The normalized spacial score (nSPS) is 21.1. The highest BCUT2D eigenvalue weighted by molar-refractivity contribution is 5.92. The summed E-state index contributed by atoms with van der Waals surface area (Å²) >= 11 is 0. The van der Waals surface area contributed by atoms with E-state index in [0.717, 1.165) is 25.2 Å². The molecule has 1 fully saturated rings. The van der Waals surface area contributed by atoms with E-state index in [0.29, 0.717) is 0 Å². The molecule has 1 aliphatic heterocycles. The third kappa shape index (κ3) is 1.80. The van der Waals surface area contributed by atoms with Crippen molar-refractivity contribution in [2.75, 3.05) is 13.1 Å². The molecule has 14 heavy (non-hydrogen) atoms. The second-order valence-electron chi connectivity index (χ2n) is 3.67. The fourth-order valence-electron chi connectivity index (χ4n) is 1.73. The molecule has 2 heterocycles. The zero-order valence-corrected chi connectivity index (χ0v) is 8.29. The van der Waals surface area contributed by atoms with E-state index in [4.69, 9.17) is 0 Å². The molecular weight excluding hydrogens is 178 g/mol. The second kappa shape index (κ2) is 3.84. The first-order valence-electron chi connectivity index (χ1n) is 4.90. The van der Waals surface area contributed by atoms with E-state index in [1.807, 2.05) is 29.9 Å². The Morgan fingerprint density at radius 2 is 2.57 bits per heavy atom. The summed E-state index contributed by atoms with van der Waals surface area (Å²) in [6.07, 6.45) is 2.90. The number of nitrogens with zero attached hydrogens (tertiary/aromatic N) is 1. The molecule has 4 nitrogen and oxygen atoms in total. The van der Waals surface area contributed by atoms with Crippen molar-refractivity contribution >= 4 is 5.91 Å². The monoisotopic (exact) mass is 193 g/mol. The van der Waals surface area contributed by atoms with Crippen LogP contribution < -0.4 is 10.6 Å². The minimum atomic E-state index is 0.0196. The number of aryl methyl sites for hydroxylation is 1. The van der Waals surface area contributed by atoms with Crippen LogP contribution in [0.25, 0.3) is 0 Å². The third-order valence-corrected chi connectivity index (χ3v) is 2.57. The molecule has 0 spiro atoms. The predicted molar refractivity (Wildman–Crippen MR) is 54.2 cm³/mol. The molecule has 0 saturated carbocycles. The van der Waals surface area contributed by atoms with E-state index in [9.17, 15) is 4.79 Å². The number of amides is 1.